The highest BCUT2D eigenvalue weighted by Gasteiger charge is 2.30. The fraction of sp³-hybridized carbons (Fsp3) is 0.312. The number of aromatic nitrogens is 1. The van der Waals surface area contributed by atoms with Gasteiger partial charge >= 0.3 is 0 Å². The number of rotatable bonds is 4. The lowest BCUT2D eigenvalue weighted by atomic mass is 10.0. The third-order valence-corrected chi connectivity index (χ3v) is 6.48. The van der Waals surface area contributed by atoms with Gasteiger partial charge in [0.2, 0.25) is 0 Å². The molecule has 0 aliphatic carbocycles. The normalized spacial score (nSPS) is 15.2. The molecule has 1 aromatic heterocycles. The average Bonchev–Trinajstić information content (AvgIpc) is 2.55. The van der Waals surface area contributed by atoms with E-state index in [0.717, 1.165) is 16.9 Å². The van der Waals surface area contributed by atoms with Crippen LogP contribution in [0.3, 0.4) is 0 Å². The minimum Gasteiger partial charge on any atom is -0.494 e. The van der Waals surface area contributed by atoms with Gasteiger partial charge in [-0.3, -0.25) is 0 Å². The van der Waals surface area contributed by atoms with Crippen LogP contribution in [0.2, 0.25) is 0 Å². The number of ether oxygens (including phenoxy) is 1. The van der Waals surface area contributed by atoms with Crippen molar-refractivity contribution in [1.82, 2.24) is 9.29 Å². The fourth-order valence-electron chi connectivity index (χ4n) is 2.65. The third-order valence-electron chi connectivity index (χ3n) is 3.77. The molecule has 1 aromatic carbocycles. The summed E-state index contributed by atoms with van der Waals surface area (Å²) in [7, 11) is -3.61. The summed E-state index contributed by atoms with van der Waals surface area (Å²) in [5, 5.41) is 0.0642. The quantitative estimate of drug-likeness (QED) is 0.796. The Hall–Kier alpha value is -1.44. The second kappa shape index (κ2) is 6.59. The predicted molar refractivity (Wildman–Crippen MR) is 90.8 cm³/mol. The van der Waals surface area contributed by atoms with E-state index in [1.54, 1.807) is 12.1 Å². The van der Waals surface area contributed by atoms with E-state index in [1.165, 1.54) is 10.5 Å². The van der Waals surface area contributed by atoms with Gasteiger partial charge in [0, 0.05) is 19.3 Å². The van der Waals surface area contributed by atoms with Gasteiger partial charge in [-0.05, 0) is 64.7 Å². The second-order valence-corrected chi connectivity index (χ2v) is 7.95. The summed E-state index contributed by atoms with van der Waals surface area (Å²) in [6.07, 6.45) is 2.16. The van der Waals surface area contributed by atoms with E-state index in [0.29, 0.717) is 30.6 Å². The first-order valence-corrected chi connectivity index (χ1v) is 9.61. The van der Waals surface area contributed by atoms with Crippen molar-refractivity contribution in [2.75, 3.05) is 13.2 Å². The number of nitrogens with zero attached hydrogens (tertiary/aromatic N) is 2. The number of pyridine rings is 1. The van der Waals surface area contributed by atoms with Crippen LogP contribution in [0.4, 0.5) is 0 Å². The van der Waals surface area contributed by atoms with Gasteiger partial charge in [0.15, 0.2) is 5.03 Å². The maximum absolute atomic E-state index is 12.8. The molecule has 23 heavy (non-hydrogen) atoms. The largest absolute Gasteiger partial charge is 0.494 e. The zero-order valence-corrected chi connectivity index (χ0v) is 15.1. The number of benzene rings is 1. The molecular formula is C16H17BrN2O3S. The SMILES string of the molecule is CCOc1ccc2c(c1)CCN(S(=O)(=O)c1ncccc1Br)C2. The average molecular weight is 397 g/mol. The van der Waals surface area contributed by atoms with Gasteiger partial charge in [-0.15, -0.1) is 0 Å². The number of fused-ring (bicyclic) bond motifs is 1. The van der Waals surface area contributed by atoms with Gasteiger partial charge in [0.25, 0.3) is 10.0 Å². The summed E-state index contributed by atoms with van der Waals surface area (Å²) in [5.74, 6) is 0.829. The second-order valence-electron chi connectivity index (χ2n) is 5.24. The smallest absolute Gasteiger partial charge is 0.261 e. The highest BCUT2D eigenvalue weighted by molar-refractivity contribution is 9.10. The van der Waals surface area contributed by atoms with Crippen LogP contribution in [0, 0.1) is 0 Å². The maximum atomic E-state index is 12.8. The molecule has 0 fully saturated rings. The zero-order chi connectivity index (χ0) is 16.4. The molecule has 0 unspecified atom stereocenters. The first kappa shape index (κ1) is 16.4. The van der Waals surface area contributed by atoms with Crippen molar-refractivity contribution in [3.05, 3.63) is 52.1 Å². The molecule has 7 heteroatoms. The van der Waals surface area contributed by atoms with Crippen LogP contribution >= 0.6 is 15.9 Å². The molecule has 0 radical (unpaired) electrons. The molecule has 2 aromatic rings. The highest BCUT2D eigenvalue weighted by Crippen LogP contribution is 2.29. The summed E-state index contributed by atoms with van der Waals surface area (Å²) in [6.45, 7) is 3.35. The van der Waals surface area contributed by atoms with Gasteiger partial charge in [0.1, 0.15) is 5.75 Å². The molecule has 3 rings (SSSR count). The van der Waals surface area contributed by atoms with Crippen molar-refractivity contribution in [3.63, 3.8) is 0 Å². The van der Waals surface area contributed by atoms with E-state index in [4.69, 9.17) is 4.74 Å². The Balaban J connectivity index is 1.88. The Morgan fingerprint density at radius 1 is 1.30 bits per heavy atom. The van der Waals surface area contributed by atoms with Crippen LogP contribution in [0.1, 0.15) is 18.1 Å². The molecule has 0 saturated heterocycles. The maximum Gasteiger partial charge on any atom is 0.261 e. The molecule has 1 aliphatic heterocycles. The van der Waals surface area contributed by atoms with E-state index in [9.17, 15) is 8.42 Å². The fourth-order valence-corrected chi connectivity index (χ4v) is 4.91. The van der Waals surface area contributed by atoms with Crippen LogP contribution in [0.25, 0.3) is 0 Å². The number of sulfonamides is 1. The Morgan fingerprint density at radius 2 is 2.13 bits per heavy atom. The molecular weight excluding hydrogens is 380 g/mol. The van der Waals surface area contributed by atoms with Crippen LogP contribution < -0.4 is 4.74 Å². The van der Waals surface area contributed by atoms with Crippen molar-refractivity contribution in [3.8, 4) is 5.75 Å². The molecule has 0 atom stereocenters. The molecule has 2 heterocycles. The summed E-state index contributed by atoms with van der Waals surface area (Å²) >= 11 is 3.27. The lowest BCUT2D eigenvalue weighted by Gasteiger charge is -2.28. The van der Waals surface area contributed by atoms with Gasteiger partial charge < -0.3 is 4.74 Å². The molecule has 0 spiro atoms. The number of hydrogen-bond donors (Lipinski definition) is 0. The zero-order valence-electron chi connectivity index (χ0n) is 12.7. The molecule has 0 bridgehead atoms. The summed E-state index contributed by atoms with van der Waals surface area (Å²) in [4.78, 5) is 4.02. The molecule has 0 N–H and O–H groups in total. The first-order chi connectivity index (χ1) is 11.0. The topological polar surface area (TPSA) is 59.5 Å². The van der Waals surface area contributed by atoms with Crippen LogP contribution in [0.5, 0.6) is 5.75 Å². The minimum absolute atomic E-state index is 0.0642. The van der Waals surface area contributed by atoms with Crippen molar-refractivity contribution in [2.24, 2.45) is 0 Å². The standard InChI is InChI=1S/C16H17BrN2O3S/c1-2-22-14-6-5-13-11-19(9-7-12(13)10-14)23(20,21)16-15(17)4-3-8-18-16/h3-6,8,10H,2,7,9,11H2,1H3. The van der Waals surface area contributed by atoms with E-state index >= 15 is 0 Å². The Morgan fingerprint density at radius 3 is 2.87 bits per heavy atom. The number of halogens is 1. The van der Waals surface area contributed by atoms with Crippen molar-refractivity contribution >= 4 is 26.0 Å². The monoisotopic (exact) mass is 396 g/mol. The van der Waals surface area contributed by atoms with Gasteiger partial charge in [0.05, 0.1) is 11.1 Å². The molecule has 5 nitrogen and oxygen atoms in total. The molecule has 0 amide bonds. The van der Waals surface area contributed by atoms with E-state index in [-0.39, 0.29) is 5.03 Å². The van der Waals surface area contributed by atoms with Gasteiger partial charge in [-0.25, -0.2) is 13.4 Å². The molecule has 1 aliphatic rings. The van der Waals surface area contributed by atoms with E-state index < -0.39 is 10.0 Å². The van der Waals surface area contributed by atoms with E-state index in [2.05, 4.69) is 20.9 Å². The summed E-state index contributed by atoms with van der Waals surface area (Å²) in [6, 6.07) is 9.21. The van der Waals surface area contributed by atoms with E-state index in [1.807, 2.05) is 25.1 Å². The van der Waals surface area contributed by atoms with Crippen LogP contribution in [0.15, 0.2) is 46.0 Å². The summed E-state index contributed by atoms with van der Waals surface area (Å²) < 4.78 is 33.1. The van der Waals surface area contributed by atoms with Gasteiger partial charge in [-0.2, -0.15) is 4.31 Å². The molecule has 0 saturated carbocycles. The van der Waals surface area contributed by atoms with Gasteiger partial charge in [-0.1, -0.05) is 6.07 Å². The summed E-state index contributed by atoms with van der Waals surface area (Å²) in [5.41, 5.74) is 2.15. The Kier molecular flexibility index (Phi) is 4.70. The van der Waals surface area contributed by atoms with Crippen LogP contribution in [-0.2, 0) is 23.0 Å². The van der Waals surface area contributed by atoms with Crippen molar-refractivity contribution in [1.29, 1.82) is 0 Å². The highest BCUT2D eigenvalue weighted by atomic mass is 79.9. The van der Waals surface area contributed by atoms with Crippen LogP contribution in [-0.4, -0.2) is 30.9 Å². The third kappa shape index (κ3) is 3.27. The van der Waals surface area contributed by atoms with Crippen molar-refractivity contribution < 1.29 is 13.2 Å². The molecule has 122 valence electrons. The lowest BCUT2D eigenvalue weighted by molar-refractivity contribution is 0.338. The number of hydrogen-bond acceptors (Lipinski definition) is 4. The Bertz CT molecular complexity index is 824. The Labute approximate surface area is 144 Å². The lowest BCUT2D eigenvalue weighted by Crippen LogP contribution is -2.36. The first-order valence-electron chi connectivity index (χ1n) is 7.37. The minimum atomic E-state index is -3.61. The van der Waals surface area contributed by atoms with Crippen molar-refractivity contribution in [2.45, 2.75) is 24.9 Å². The predicted octanol–water partition coefficient (Wildman–Crippen LogP) is 2.99.